The summed E-state index contributed by atoms with van der Waals surface area (Å²) < 4.78 is -0.269. The van der Waals surface area contributed by atoms with Crippen molar-refractivity contribution in [1.29, 1.82) is 0 Å². The molecule has 2 atom stereocenters. The van der Waals surface area contributed by atoms with E-state index in [1.54, 1.807) is 0 Å². The molecule has 0 aliphatic heterocycles. The van der Waals surface area contributed by atoms with E-state index in [4.69, 9.17) is 34.8 Å². The zero-order valence-electron chi connectivity index (χ0n) is 21.5. The smallest absolute Gasteiger partial charge is 0.329 e. The summed E-state index contributed by atoms with van der Waals surface area (Å²) in [4.78, 5) is 11.9. The highest BCUT2D eigenvalue weighted by Gasteiger charge is 2.55. The van der Waals surface area contributed by atoms with E-state index in [0.29, 0.717) is 5.82 Å². The predicted octanol–water partition coefficient (Wildman–Crippen LogP) is 7.71. The Balaban J connectivity index is 1.31. The van der Waals surface area contributed by atoms with Crippen LogP contribution in [0.5, 0.6) is 0 Å². The van der Waals surface area contributed by atoms with Crippen LogP contribution in [0.25, 0.3) is 0 Å². The molecule has 8 aliphatic rings. The van der Waals surface area contributed by atoms with Crippen molar-refractivity contribution in [1.82, 2.24) is 10.6 Å². The van der Waals surface area contributed by atoms with Gasteiger partial charge in [-0.2, -0.15) is 0 Å². The molecule has 8 saturated carbocycles. The second-order valence-corrected chi connectivity index (χ2v) is 15.2. The molecule has 0 radical (unpaired) electrons. The van der Waals surface area contributed by atoms with Crippen LogP contribution in [0, 0.1) is 56.5 Å². The van der Waals surface area contributed by atoms with Crippen molar-refractivity contribution in [3.8, 4) is 0 Å². The SMILES string of the molecule is C[C@H](NC(N[C@H](C)C12CC3CC(CC(C3)C1)C2)=C(C(Cl)=C(Cl)Cl)[N+](=O)[O-])C12CC3CC(CC(C3)C1)C2. The first-order chi connectivity index (χ1) is 17.1. The molecular formula is C28H40Cl3N3O2. The van der Waals surface area contributed by atoms with Crippen molar-refractivity contribution < 1.29 is 4.92 Å². The Bertz CT molecular complexity index is 864. The van der Waals surface area contributed by atoms with E-state index >= 15 is 0 Å². The summed E-state index contributed by atoms with van der Waals surface area (Å²) in [5.41, 5.74) is 0.146. The van der Waals surface area contributed by atoms with Crippen LogP contribution in [-0.2, 0) is 0 Å². The van der Waals surface area contributed by atoms with E-state index in [0.717, 1.165) is 35.5 Å². The fraction of sp³-hybridized carbons (Fsp3) is 0.857. The standard InChI is InChI=1S/C28H40Cl3N3O2/c1-15(27-9-17-3-18(10-27)5-19(4-17)11-27)32-26(24(34(35)36)23(29)25(30)31)33-16(2)28-12-20-6-21(13-28)8-22(7-20)14-28/h15-22,32-33H,3-14H2,1-2H3/t15-,16+,17?,18?,19?,20?,21?,22?,27?,28?. The predicted molar refractivity (Wildman–Crippen MR) is 145 cm³/mol. The van der Waals surface area contributed by atoms with Crippen LogP contribution in [0.1, 0.15) is 90.9 Å². The fourth-order valence-corrected chi connectivity index (χ4v) is 11.0. The molecule has 8 heteroatoms. The van der Waals surface area contributed by atoms with E-state index in [2.05, 4.69) is 24.5 Å². The van der Waals surface area contributed by atoms with Gasteiger partial charge >= 0.3 is 5.70 Å². The van der Waals surface area contributed by atoms with Gasteiger partial charge in [0.1, 0.15) is 4.49 Å². The molecule has 0 aromatic carbocycles. The van der Waals surface area contributed by atoms with Crippen molar-refractivity contribution in [3.05, 3.63) is 31.2 Å². The molecule has 200 valence electrons. The molecule has 8 aliphatic carbocycles. The van der Waals surface area contributed by atoms with Gasteiger partial charge in [0.2, 0.25) is 0 Å². The first kappa shape index (κ1) is 25.6. The highest BCUT2D eigenvalue weighted by molar-refractivity contribution is 6.59. The lowest BCUT2D eigenvalue weighted by atomic mass is 9.48. The minimum absolute atomic E-state index is 0.102. The molecule has 0 unspecified atom stereocenters. The zero-order chi connectivity index (χ0) is 25.4. The maximum absolute atomic E-state index is 12.4. The van der Waals surface area contributed by atoms with Gasteiger partial charge in [-0.05, 0) is 137 Å². The van der Waals surface area contributed by atoms with Crippen molar-refractivity contribution >= 4 is 34.8 Å². The normalized spacial score (nSPS) is 44.1. The van der Waals surface area contributed by atoms with Crippen molar-refractivity contribution in [3.63, 3.8) is 0 Å². The molecule has 5 nitrogen and oxygen atoms in total. The van der Waals surface area contributed by atoms with Crippen molar-refractivity contribution in [2.45, 2.75) is 103 Å². The summed E-state index contributed by atoms with van der Waals surface area (Å²) in [5, 5.41) is 19.5. The van der Waals surface area contributed by atoms with Gasteiger partial charge < -0.3 is 10.6 Å². The lowest BCUT2D eigenvalue weighted by molar-refractivity contribution is -0.421. The molecule has 8 fully saturated rings. The minimum atomic E-state index is -0.429. The van der Waals surface area contributed by atoms with Gasteiger partial charge in [0.05, 0.1) is 4.92 Å². The maximum atomic E-state index is 12.4. The Labute approximate surface area is 230 Å². The van der Waals surface area contributed by atoms with Crippen molar-refractivity contribution in [2.75, 3.05) is 0 Å². The minimum Gasteiger partial charge on any atom is -0.363 e. The molecule has 0 amide bonds. The van der Waals surface area contributed by atoms with Crippen LogP contribution in [0.2, 0.25) is 0 Å². The summed E-state index contributed by atoms with van der Waals surface area (Å²) in [6.07, 6.45) is 15.5. The first-order valence-electron chi connectivity index (χ1n) is 14.2. The Morgan fingerprint density at radius 2 is 1.03 bits per heavy atom. The van der Waals surface area contributed by atoms with E-state index < -0.39 is 4.92 Å². The molecule has 36 heavy (non-hydrogen) atoms. The second kappa shape index (κ2) is 9.23. The third-order valence-electron chi connectivity index (χ3n) is 11.5. The number of nitro groups is 1. The fourth-order valence-electron chi connectivity index (χ4n) is 10.7. The highest BCUT2D eigenvalue weighted by atomic mass is 35.5. The molecule has 0 aromatic heterocycles. The Morgan fingerprint density at radius 1 is 0.722 bits per heavy atom. The first-order valence-corrected chi connectivity index (χ1v) is 15.3. The Kier molecular flexibility index (Phi) is 6.57. The quantitative estimate of drug-likeness (QED) is 0.182. The Hall–Kier alpha value is -0.650. The largest absolute Gasteiger partial charge is 0.363 e. The van der Waals surface area contributed by atoms with Crippen LogP contribution in [-0.4, -0.2) is 17.0 Å². The lowest BCUT2D eigenvalue weighted by Gasteiger charge is -2.60. The van der Waals surface area contributed by atoms with Crippen LogP contribution >= 0.6 is 34.8 Å². The monoisotopic (exact) mass is 555 g/mol. The van der Waals surface area contributed by atoms with Gasteiger partial charge in [-0.3, -0.25) is 10.1 Å². The molecule has 8 rings (SSSR count). The van der Waals surface area contributed by atoms with Crippen LogP contribution in [0.3, 0.4) is 0 Å². The summed E-state index contributed by atoms with van der Waals surface area (Å²) in [5.74, 6) is 5.25. The summed E-state index contributed by atoms with van der Waals surface area (Å²) >= 11 is 18.4. The molecule has 0 spiro atoms. The number of rotatable bonds is 8. The van der Waals surface area contributed by atoms with E-state index in [-0.39, 0.29) is 38.1 Å². The number of nitrogens with one attached hydrogen (secondary N) is 2. The molecular weight excluding hydrogens is 517 g/mol. The van der Waals surface area contributed by atoms with Crippen LogP contribution in [0.4, 0.5) is 0 Å². The number of halogens is 3. The van der Waals surface area contributed by atoms with Crippen molar-refractivity contribution in [2.24, 2.45) is 46.3 Å². The molecule has 0 saturated heterocycles. The van der Waals surface area contributed by atoms with Gasteiger partial charge in [0, 0.05) is 12.1 Å². The number of hydrogen-bond acceptors (Lipinski definition) is 4. The van der Waals surface area contributed by atoms with E-state index in [9.17, 15) is 10.1 Å². The van der Waals surface area contributed by atoms with Crippen LogP contribution < -0.4 is 10.6 Å². The number of nitrogens with zero attached hydrogens (tertiary/aromatic N) is 1. The second-order valence-electron chi connectivity index (χ2n) is 13.8. The summed E-state index contributed by atoms with van der Waals surface area (Å²) in [6, 6.07) is 0.205. The van der Waals surface area contributed by atoms with Gasteiger partial charge in [0.25, 0.3) is 0 Å². The molecule has 0 heterocycles. The van der Waals surface area contributed by atoms with E-state index in [1.165, 1.54) is 77.0 Å². The van der Waals surface area contributed by atoms with Gasteiger partial charge in [-0.25, -0.2) is 0 Å². The highest BCUT2D eigenvalue weighted by Crippen LogP contribution is 2.62. The van der Waals surface area contributed by atoms with E-state index in [1.807, 2.05) is 0 Å². The lowest BCUT2D eigenvalue weighted by Crippen LogP contribution is -2.58. The Morgan fingerprint density at radius 3 is 1.28 bits per heavy atom. The molecule has 8 bridgehead atoms. The third-order valence-corrected chi connectivity index (χ3v) is 12.5. The number of allylic oxidation sites excluding steroid dienone is 1. The molecule has 2 N–H and O–H groups in total. The van der Waals surface area contributed by atoms with Gasteiger partial charge in [0.15, 0.2) is 10.9 Å². The molecule has 0 aromatic rings. The van der Waals surface area contributed by atoms with Crippen LogP contribution in [0.15, 0.2) is 21.0 Å². The average Bonchev–Trinajstić information content (AvgIpc) is 2.76. The summed E-state index contributed by atoms with van der Waals surface area (Å²) in [7, 11) is 0. The maximum Gasteiger partial charge on any atom is 0.329 e. The number of hydrogen-bond donors (Lipinski definition) is 2. The average molecular weight is 557 g/mol. The van der Waals surface area contributed by atoms with Gasteiger partial charge in [-0.1, -0.05) is 34.8 Å². The topological polar surface area (TPSA) is 67.2 Å². The zero-order valence-corrected chi connectivity index (χ0v) is 23.8. The third kappa shape index (κ3) is 4.37. The van der Waals surface area contributed by atoms with Gasteiger partial charge in [-0.15, -0.1) is 0 Å². The summed E-state index contributed by atoms with van der Waals surface area (Å²) in [6.45, 7) is 4.45.